The van der Waals surface area contributed by atoms with Crippen molar-refractivity contribution in [3.8, 4) is 0 Å². The fraction of sp³-hybridized carbons (Fsp3) is 0.350. The van der Waals surface area contributed by atoms with E-state index >= 15 is 0 Å². The summed E-state index contributed by atoms with van der Waals surface area (Å²) in [4.78, 5) is 12.2. The van der Waals surface area contributed by atoms with Crippen LogP contribution in [0.3, 0.4) is 0 Å². The number of hydrogen-bond donors (Lipinski definition) is 2. The van der Waals surface area contributed by atoms with Crippen LogP contribution in [-0.2, 0) is 10.0 Å². The molecular weight excluding hydrogens is 348 g/mol. The Morgan fingerprint density at radius 2 is 1.58 bits per heavy atom. The third-order valence-electron chi connectivity index (χ3n) is 3.92. The number of rotatable bonds is 7. The highest BCUT2D eigenvalue weighted by Crippen LogP contribution is 2.26. The van der Waals surface area contributed by atoms with Gasteiger partial charge in [-0.2, -0.15) is 0 Å². The van der Waals surface area contributed by atoms with E-state index in [0.29, 0.717) is 23.7 Å². The minimum absolute atomic E-state index is 0.122. The maximum Gasteiger partial charge on any atom is 0.261 e. The summed E-state index contributed by atoms with van der Waals surface area (Å²) in [6.45, 7) is 8.62. The molecule has 0 bridgehead atoms. The molecule has 0 aliphatic carbocycles. The molecule has 2 aromatic rings. The summed E-state index contributed by atoms with van der Waals surface area (Å²) in [7, 11) is -3.72. The number of carbonyl (C=O) groups excluding carboxylic acids is 1. The predicted molar refractivity (Wildman–Crippen MR) is 105 cm³/mol. The van der Waals surface area contributed by atoms with Crippen molar-refractivity contribution < 1.29 is 13.2 Å². The zero-order valence-electron chi connectivity index (χ0n) is 15.6. The van der Waals surface area contributed by atoms with Gasteiger partial charge in [-0.05, 0) is 47.7 Å². The Balaban J connectivity index is 2.19. The second-order valence-corrected chi connectivity index (χ2v) is 8.66. The molecule has 2 rings (SSSR count). The number of amides is 1. The van der Waals surface area contributed by atoms with Gasteiger partial charge in [-0.15, -0.1) is 0 Å². The average molecular weight is 375 g/mol. The van der Waals surface area contributed by atoms with Gasteiger partial charge in [0.15, 0.2) is 0 Å². The van der Waals surface area contributed by atoms with Crippen molar-refractivity contribution in [2.24, 2.45) is 5.92 Å². The van der Waals surface area contributed by atoms with Crippen LogP contribution in [0.2, 0.25) is 0 Å². The first-order chi connectivity index (χ1) is 12.2. The number of carbonyl (C=O) groups is 1. The second-order valence-electron chi connectivity index (χ2n) is 6.98. The Kier molecular flexibility index (Phi) is 6.42. The van der Waals surface area contributed by atoms with Crippen molar-refractivity contribution in [2.75, 3.05) is 11.3 Å². The molecule has 0 heterocycles. The molecule has 0 aliphatic rings. The van der Waals surface area contributed by atoms with Crippen LogP contribution in [0.5, 0.6) is 0 Å². The summed E-state index contributed by atoms with van der Waals surface area (Å²) >= 11 is 0. The largest absolute Gasteiger partial charge is 0.352 e. The lowest BCUT2D eigenvalue weighted by atomic mass is 10.0. The van der Waals surface area contributed by atoms with Gasteiger partial charge in [0, 0.05) is 12.1 Å². The molecule has 0 saturated heterocycles. The van der Waals surface area contributed by atoms with Gasteiger partial charge < -0.3 is 5.32 Å². The molecular formula is C20H26N2O3S. The number of benzene rings is 2. The number of para-hydroxylation sites is 1. The maximum absolute atomic E-state index is 12.7. The highest BCUT2D eigenvalue weighted by Gasteiger charge is 2.17. The van der Waals surface area contributed by atoms with Gasteiger partial charge in [-0.25, -0.2) is 8.42 Å². The summed E-state index contributed by atoms with van der Waals surface area (Å²) in [6.07, 6.45) is 0. The Labute approximate surface area is 155 Å². The van der Waals surface area contributed by atoms with Gasteiger partial charge in [0.25, 0.3) is 15.9 Å². The minimum atomic E-state index is -3.72. The molecule has 140 valence electrons. The Morgan fingerprint density at radius 1 is 0.962 bits per heavy atom. The highest BCUT2D eigenvalue weighted by atomic mass is 32.2. The molecule has 0 fully saturated rings. The maximum atomic E-state index is 12.7. The van der Waals surface area contributed by atoms with Gasteiger partial charge >= 0.3 is 0 Å². The topological polar surface area (TPSA) is 75.3 Å². The Bertz CT molecular complexity index is 857. The Morgan fingerprint density at radius 3 is 2.15 bits per heavy atom. The summed E-state index contributed by atoms with van der Waals surface area (Å²) < 4.78 is 28.0. The lowest BCUT2D eigenvalue weighted by molar-refractivity contribution is 0.0949. The molecule has 5 nitrogen and oxygen atoms in total. The van der Waals surface area contributed by atoms with Crippen LogP contribution in [-0.4, -0.2) is 20.9 Å². The summed E-state index contributed by atoms with van der Waals surface area (Å²) in [6, 6.07) is 13.3. The average Bonchev–Trinajstić information content (AvgIpc) is 2.59. The van der Waals surface area contributed by atoms with Crippen molar-refractivity contribution in [2.45, 2.75) is 38.5 Å². The SMILES string of the molecule is CC(C)CNC(=O)c1ccc(S(=O)(=O)Nc2ccccc2C(C)C)cc1. The van der Waals surface area contributed by atoms with E-state index in [4.69, 9.17) is 0 Å². The standard InChI is InChI=1S/C20H26N2O3S/c1-14(2)13-21-20(23)16-9-11-17(12-10-16)26(24,25)22-19-8-6-5-7-18(19)15(3)4/h5-12,14-15,22H,13H2,1-4H3,(H,21,23). The minimum Gasteiger partial charge on any atom is -0.352 e. The van der Waals surface area contributed by atoms with Crippen LogP contribution >= 0.6 is 0 Å². The molecule has 0 aliphatic heterocycles. The van der Waals surface area contributed by atoms with Crippen molar-refractivity contribution in [3.63, 3.8) is 0 Å². The number of sulfonamides is 1. The van der Waals surface area contributed by atoms with E-state index in [9.17, 15) is 13.2 Å². The monoisotopic (exact) mass is 374 g/mol. The third kappa shape index (κ3) is 5.08. The van der Waals surface area contributed by atoms with E-state index in [0.717, 1.165) is 5.56 Å². The number of nitrogens with one attached hydrogen (secondary N) is 2. The molecule has 0 unspecified atom stereocenters. The summed E-state index contributed by atoms with van der Waals surface area (Å²) in [5.41, 5.74) is 1.94. The first kappa shape index (κ1) is 20.0. The molecule has 0 radical (unpaired) electrons. The van der Waals surface area contributed by atoms with Crippen molar-refractivity contribution in [1.29, 1.82) is 0 Å². The van der Waals surface area contributed by atoms with Crippen molar-refractivity contribution >= 4 is 21.6 Å². The number of hydrogen-bond acceptors (Lipinski definition) is 3. The van der Waals surface area contributed by atoms with Crippen LogP contribution in [0, 0.1) is 5.92 Å². The van der Waals surface area contributed by atoms with Gasteiger partial charge in [0.2, 0.25) is 0 Å². The lowest BCUT2D eigenvalue weighted by Crippen LogP contribution is -2.27. The van der Waals surface area contributed by atoms with Crippen molar-refractivity contribution in [1.82, 2.24) is 5.32 Å². The molecule has 0 aromatic heterocycles. The molecule has 2 N–H and O–H groups in total. The van der Waals surface area contributed by atoms with E-state index in [1.54, 1.807) is 12.1 Å². The normalized spacial score (nSPS) is 11.6. The molecule has 2 aromatic carbocycles. The van der Waals surface area contributed by atoms with Crippen LogP contribution in [0.25, 0.3) is 0 Å². The van der Waals surface area contributed by atoms with E-state index in [1.165, 1.54) is 24.3 Å². The van der Waals surface area contributed by atoms with Gasteiger partial charge in [-0.1, -0.05) is 45.9 Å². The number of anilines is 1. The van der Waals surface area contributed by atoms with Crippen molar-refractivity contribution in [3.05, 3.63) is 59.7 Å². The van der Waals surface area contributed by atoms with E-state index in [2.05, 4.69) is 10.0 Å². The third-order valence-corrected chi connectivity index (χ3v) is 5.31. The zero-order valence-corrected chi connectivity index (χ0v) is 16.4. The van der Waals surface area contributed by atoms with Gasteiger partial charge in [0.05, 0.1) is 10.6 Å². The highest BCUT2D eigenvalue weighted by molar-refractivity contribution is 7.92. The van der Waals surface area contributed by atoms with E-state index in [-0.39, 0.29) is 16.7 Å². The van der Waals surface area contributed by atoms with Crippen LogP contribution < -0.4 is 10.0 Å². The Hall–Kier alpha value is -2.34. The quantitative estimate of drug-likeness (QED) is 0.769. The zero-order chi connectivity index (χ0) is 19.3. The smallest absolute Gasteiger partial charge is 0.261 e. The fourth-order valence-corrected chi connectivity index (χ4v) is 3.57. The molecule has 0 saturated carbocycles. The van der Waals surface area contributed by atoms with E-state index in [1.807, 2.05) is 39.8 Å². The van der Waals surface area contributed by atoms with Gasteiger partial charge in [-0.3, -0.25) is 9.52 Å². The second kappa shape index (κ2) is 8.36. The van der Waals surface area contributed by atoms with Crippen LogP contribution in [0.4, 0.5) is 5.69 Å². The molecule has 0 atom stereocenters. The molecule has 1 amide bonds. The van der Waals surface area contributed by atoms with E-state index < -0.39 is 10.0 Å². The van der Waals surface area contributed by atoms with Crippen LogP contribution in [0.15, 0.2) is 53.4 Å². The van der Waals surface area contributed by atoms with Crippen LogP contribution in [0.1, 0.15) is 49.5 Å². The predicted octanol–water partition coefficient (Wildman–Crippen LogP) is 4.00. The van der Waals surface area contributed by atoms with Gasteiger partial charge in [0.1, 0.15) is 0 Å². The summed E-state index contributed by atoms with van der Waals surface area (Å²) in [5.74, 6) is 0.338. The summed E-state index contributed by atoms with van der Waals surface area (Å²) in [5, 5.41) is 2.81. The fourth-order valence-electron chi connectivity index (χ4n) is 2.48. The first-order valence-corrected chi connectivity index (χ1v) is 10.2. The lowest BCUT2D eigenvalue weighted by Gasteiger charge is -2.15. The molecule has 26 heavy (non-hydrogen) atoms. The molecule has 6 heteroatoms. The molecule has 0 spiro atoms. The first-order valence-electron chi connectivity index (χ1n) is 8.70.